The van der Waals surface area contributed by atoms with Crippen LogP contribution in [0.1, 0.15) is 19.8 Å². The van der Waals surface area contributed by atoms with E-state index in [-0.39, 0.29) is 12.4 Å². The third-order valence-corrected chi connectivity index (χ3v) is 1.98. The Morgan fingerprint density at radius 1 is 1.24 bits per heavy atom. The first-order chi connectivity index (χ1) is 7.74. The van der Waals surface area contributed by atoms with Crippen molar-refractivity contribution in [2.75, 3.05) is 0 Å². The Hall–Kier alpha value is -1.61. The van der Waals surface area contributed by atoms with E-state index in [4.69, 9.17) is 5.11 Å². The van der Waals surface area contributed by atoms with Crippen LogP contribution in [0.15, 0.2) is 42.6 Å². The summed E-state index contributed by atoms with van der Waals surface area (Å²) in [5, 5.41) is 9.11. The highest BCUT2D eigenvalue weighted by Crippen LogP contribution is 2.07. The van der Waals surface area contributed by atoms with Gasteiger partial charge in [0.05, 0.1) is 5.52 Å². The van der Waals surface area contributed by atoms with Gasteiger partial charge in [-0.25, -0.2) is 0 Å². The second-order valence-electron chi connectivity index (χ2n) is 3.34. The molecule has 0 aliphatic rings. The Balaban J connectivity index is 0.000000324. The predicted octanol–water partition coefficient (Wildman–Crippen LogP) is 3.53. The summed E-state index contributed by atoms with van der Waals surface area (Å²) in [5.74, 6) is -0.711. The molecule has 0 atom stereocenters. The van der Waals surface area contributed by atoms with Crippen LogP contribution >= 0.6 is 12.4 Å². The van der Waals surface area contributed by atoms with Crippen molar-refractivity contribution in [1.29, 1.82) is 0 Å². The number of benzene rings is 1. The predicted molar refractivity (Wildman–Crippen MR) is 71.5 cm³/mol. The van der Waals surface area contributed by atoms with Gasteiger partial charge in [0.1, 0.15) is 0 Å². The lowest BCUT2D eigenvalue weighted by Gasteiger charge is -1.91. The number of para-hydroxylation sites is 1. The zero-order valence-electron chi connectivity index (χ0n) is 9.67. The van der Waals surface area contributed by atoms with E-state index in [9.17, 15) is 4.79 Å². The largest absolute Gasteiger partial charge is 0.481 e. The maximum atomic E-state index is 9.60. The average Bonchev–Trinajstić information content (AvgIpc) is 2.30. The molecule has 3 nitrogen and oxygen atoms in total. The van der Waals surface area contributed by atoms with Crippen LogP contribution < -0.4 is 0 Å². The second kappa shape index (κ2) is 8.53. The summed E-state index contributed by atoms with van der Waals surface area (Å²) in [6, 6.07) is 12.1. The van der Waals surface area contributed by atoms with Crippen molar-refractivity contribution in [3.05, 3.63) is 42.6 Å². The van der Waals surface area contributed by atoms with Gasteiger partial charge in [0, 0.05) is 18.0 Å². The highest BCUT2D eigenvalue weighted by molar-refractivity contribution is 5.85. The van der Waals surface area contributed by atoms with E-state index in [1.165, 1.54) is 5.39 Å². The first-order valence-electron chi connectivity index (χ1n) is 5.25. The molecule has 4 heteroatoms. The molecule has 2 rings (SSSR count). The summed E-state index contributed by atoms with van der Waals surface area (Å²) >= 11 is 0. The van der Waals surface area contributed by atoms with Crippen LogP contribution in [-0.4, -0.2) is 16.1 Å². The molecule has 0 amide bonds. The lowest BCUT2D eigenvalue weighted by atomic mass is 10.2. The monoisotopic (exact) mass is 253 g/mol. The minimum absolute atomic E-state index is 0. The third kappa shape index (κ3) is 5.88. The van der Waals surface area contributed by atoms with E-state index in [0.29, 0.717) is 6.42 Å². The smallest absolute Gasteiger partial charge is 0.303 e. The summed E-state index contributed by atoms with van der Waals surface area (Å²) in [7, 11) is 0. The summed E-state index contributed by atoms with van der Waals surface area (Å²) in [6.07, 6.45) is 2.83. The van der Waals surface area contributed by atoms with Crippen LogP contribution in [-0.2, 0) is 4.79 Å². The summed E-state index contributed by atoms with van der Waals surface area (Å²) < 4.78 is 0. The molecule has 0 spiro atoms. The van der Waals surface area contributed by atoms with Crippen molar-refractivity contribution < 1.29 is 9.90 Å². The Morgan fingerprint density at radius 2 is 1.88 bits per heavy atom. The third-order valence-electron chi connectivity index (χ3n) is 1.98. The van der Waals surface area contributed by atoms with Crippen molar-refractivity contribution in [1.82, 2.24) is 4.98 Å². The fourth-order valence-corrected chi connectivity index (χ4v) is 1.23. The molecule has 0 aliphatic heterocycles. The highest BCUT2D eigenvalue weighted by atomic mass is 35.5. The van der Waals surface area contributed by atoms with Crippen LogP contribution in [0.2, 0.25) is 0 Å². The van der Waals surface area contributed by atoms with Crippen LogP contribution in [0, 0.1) is 0 Å². The molecule has 0 saturated heterocycles. The Morgan fingerprint density at radius 3 is 2.41 bits per heavy atom. The molecule has 0 unspecified atom stereocenters. The number of carboxylic acids is 1. The van der Waals surface area contributed by atoms with Crippen LogP contribution in [0.25, 0.3) is 10.9 Å². The number of fused-ring (bicyclic) bond motifs is 1. The Bertz CT molecular complexity index is 394. The molecule has 1 N–H and O–H groups in total. The van der Waals surface area contributed by atoms with Gasteiger partial charge in [0.25, 0.3) is 0 Å². The van der Waals surface area contributed by atoms with Gasteiger partial charge >= 0.3 is 5.97 Å². The molecular weight excluding hydrogens is 238 g/mol. The Kier molecular flexibility index (Phi) is 7.72. The van der Waals surface area contributed by atoms with Gasteiger partial charge in [-0.05, 0) is 18.6 Å². The number of nitrogens with zero attached hydrogens (tertiary/aromatic N) is 1. The second-order valence-corrected chi connectivity index (χ2v) is 3.34. The quantitative estimate of drug-likeness (QED) is 0.891. The zero-order chi connectivity index (χ0) is 11.8. The molecule has 0 fully saturated rings. The molecule has 0 aliphatic carbocycles. The first-order valence-corrected chi connectivity index (χ1v) is 5.25. The van der Waals surface area contributed by atoms with Gasteiger partial charge in [-0.1, -0.05) is 31.2 Å². The van der Waals surface area contributed by atoms with Crippen molar-refractivity contribution in [3.8, 4) is 0 Å². The minimum atomic E-state index is -0.711. The van der Waals surface area contributed by atoms with E-state index >= 15 is 0 Å². The molecule has 1 aromatic carbocycles. The number of aliphatic carboxylic acids is 1. The Labute approximate surface area is 107 Å². The lowest BCUT2D eigenvalue weighted by Crippen LogP contribution is -1.90. The maximum absolute atomic E-state index is 9.60. The molecule has 1 heterocycles. The first kappa shape index (κ1) is 15.4. The van der Waals surface area contributed by atoms with Gasteiger partial charge in [0.15, 0.2) is 0 Å². The highest BCUT2D eigenvalue weighted by Gasteiger charge is 1.87. The number of aromatic nitrogens is 1. The lowest BCUT2D eigenvalue weighted by molar-refractivity contribution is -0.137. The topological polar surface area (TPSA) is 50.2 Å². The number of rotatable bonds is 2. The zero-order valence-corrected chi connectivity index (χ0v) is 10.5. The van der Waals surface area contributed by atoms with Crippen LogP contribution in [0.3, 0.4) is 0 Å². The number of hydrogen-bond acceptors (Lipinski definition) is 2. The standard InChI is InChI=1S/C9H7N.C4H8O2.ClH/c1-2-6-9-8(4-1)5-3-7-10-9;1-2-3-4(5)6;/h1-7H;2-3H2,1H3,(H,5,6);1H. The van der Waals surface area contributed by atoms with Crippen molar-refractivity contribution in [2.24, 2.45) is 0 Å². The molecule has 0 saturated carbocycles. The maximum Gasteiger partial charge on any atom is 0.303 e. The summed E-state index contributed by atoms with van der Waals surface area (Å²) in [5.41, 5.74) is 1.06. The van der Waals surface area contributed by atoms with Crippen molar-refractivity contribution in [3.63, 3.8) is 0 Å². The molecule has 1 aromatic heterocycles. The fraction of sp³-hybridized carbons (Fsp3) is 0.231. The van der Waals surface area contributed by atoms with E-state index in [0.717, 1.165) is 11.9 Å². The molecule has 0 bridgehead atoms. The number of halogens is 1. The number of pyridine rings is 1. The molecule has 2 aromatic rings. The summed E-state index contributed by atoms with van der Waals surface area (Å²) in [4.78, 5) is 13.8. The van der Waals surface area contributed by atoms with E-state index < -0.39 is 5.97 Å². The van der Waals surface area contributed by atoms with Gasteiger partial charge in [0.2, 0.25) is 0 Å². The molecular formula is C13H16ClNO2. The normalized spacial score (nSPS) is 8.76. The molecule has 92 valence electrons. The van der Waals surface area contributed by atoms with Crippen LogP contribution in [0.4, 0.5) is 0 Å². The SMILES string of the molecule is CCCC(=O)O.Cl.c1ccc2ncccc2c1. The number of carboxylic acid groups (broad SMARTS) is 1. The van der Waals surface area contributed by atoms with Gasteiger partial charge in [-0.15, -0.1) is 12.4 Å². The van der Waals surface area contributed by atoms with Crippen LogP contribution in [0.5, 0.6) is 0 Å². The fourth-order valence-electron chi connectivity index (χ4n) is 1.23. The molecule has 0 radical (unpaired) electrons. The number of hydrogen-bond donors (Lipinski definition) is 1. The number of carbonyl (C=O) groups is 1. The van der Waals surface area contributed by atoms with Gasteiger partial charge in [-0.2, -0.15) is 0 Å². The summed E-state index contributed by atoms with van der Waals surface area (Å²) in [6.45, 7) is 1.84. The van der Waals surface area contributed by atoms with E-state index in [1.54, 1.807) is 0 Å². The average molecular weight is 254 g/mol. The van der Waals surface area contributed by atoms with Gasteiger partial charge < -0.3 is 5.11 Å². The van der Waals surface area contributed by atoms with Crippen molar-refractivity contribution in [2.45, 2.75) is 19.8 Å². The minimum Gasteiger partial charge on any atom is -0.481 e. The van der Waals surface area contributed by atoms with E-state index in [1.807, 2.05) is 37.4 Å². The molecule has 17 heavy (non-hydrogen) atoms. The van der Waals surface area contributed by atoms with Crippen molar-refractivity contribution >= 4 is 29.3 Å². The van der Waals surface area contributed by atoms with E-state index in [2.05, 4.69) is 17.1 Å². The van der Waals surface area contributed by atoms with Gasteiger partial charge in [-0.3, -0.25) is 9.78 Å².